The van der Waals surface area contributed by atoms with Gasteiger partial charge < -0.3 is 10.6 Å². The van der Waals surface area contributed by atoms with Crippen molar-refractivity contribution < 1.29 is 9.59 Å². The number of para-hydroxylation sites is 1. The summed E-state index contributed by atoms with van der Waals surface area (Å²) in [6.45, 7) is 5.85. The van der Waals surface area contributed by atoms with Gasteiger partial charge in [-0.3, -0.25) is 9.59 Å². The minimum atomic E-state index is -0.276. The van der Waals surface area contributed by atoms with E-state index in [9.17, 15) is 9.59 Å². The van der Waals surface area contributed by atoms with E-state index < -0.39 is 0 Å². The molecule has 1 unspecified atom stereocenters. The number of benzene rings is 2. The summed E-state index contributed by atoms with van der Waals surface area (Å²) in [5, 5.41) is 7.53. The molecule has 0 radical (unpaired) electrons. The van der Waals surface area contributed by atoms with Crippen LogP contribution in [0.3, 0.4) is 0 Å². The molecule has 1 atom stereocenters. The molecular weight excluding hydrogens is 388 g/mol. The Bertz CT molecular complexity index is 964. The molecule has 2 amide bonds. The van der Waals surface area contributed by atoms with Crippen LogP contribution in [0, 0.1) is 13.8 Å². The van der Waals surface area contributed by atoms with Crippen LogP contribution in [-0.4, -0.2) is 17.1 Å². The van der Waals surface area contributed by atoms with Gasteiger partial charge >= 0.3 is 0 Å². The standard InChI is InChI=1S/C22H22N2O2S2/c1-14-7-4-8-15(2)20(14)24-21(25)16(3)28-18-10-5-9-17(13-18)23-22(26)19-11-6-12-27-19/h4-13,16H,1-3H3,(H,23,26)(H,24,25). The number of rotatable bonds is 6. The Labute approximate surface area is 173 Å². The average molecular weight is 411 g/mol. The fraction of sp³-hybridized carbons (Fsp3) is 0.182. The third kappa shape index (κ3) is 5.03. The van der Waals surface area contributed by atoms with Gasteiger partial charge in [-0.2, -0.15) is 0 Å². The van der Waals surface area contributed by atoms with Crippen LogP contribution in [0.5, 0.6) is 0 Å². The van der Waals surface area contributed by atoms with E-state index >= 15 is 0 Å². The molecule has 6 heteroatoms. The highest BCUT2D eigenvalue weighted by Crippen LogP contribution is 2.28. The average Bonchev–Trinajstić information content (AvgIpc) is 3.20. The van der Waals surface area contributed by atoms with Gasteiger partial charge in [-0.1, -0.05) is 30.3 Å². The van der Waals surface area contributed by atoms with Crippen molar-refractivity contribution in [1.82, 2.24) is 0 Å². The minimum absolute atomic E-state index is 0.0459. The van der Waals surface area contributed by atoms with Crippen LogP contribution < -0.4 is 10.6 Å². The maximum atomic E-state index is 12.6. The minimum Gasteiger partial charge on any atom is -0.325 e. The molecule has 0 spiro atoms. The van der Waals surface area contributed by atoms with Crippen molar-refractivity contribution in [1.29, 1.82) is 0 Å². The lowest BCUT2D eigenvalue weighted by molar-refractivity contribution is -0.115. The van der Waals surface area contributed by atoms with Gasteiger partial charge in [0.15, 0.2) is 0 Å². The van der Waals surface area contributed by atoms with E-state index in [0.29, 0.717) is 10.6 Å². The second-order valence-corrected chi connectivity index (χ2v) is 8.84. The highest BCUT2D eigenvalue weighted by molar-refractivity contribution is 8.00. The molecular formula is C22H22N2O2S2. The topological polar surface area (TPSA) is 58.2 Å². The Balaban J connectivity index is 1.64. The number of carbonyl (C=O) groups is 2. The van der Waals surface area contributed by atoms with E-state index in [4.69, 9.17) is 0 Å². The van der Waals surface area contributed by atoms with Crippen molar-refractivity contribution in [2.24, 2.45) is 0 Å². The number of anilines is 2. The fourth-order valence-electron chi connectivity index (χ4n) is 2.74. The molecule has 2 N–H and O–H groups in total. The van der Waals surface area contributed by atoms with Crippen molar-refractivity contribution >= 4 is 46.3 Å². The lowest BCUT2D eigenvalue weighted by Crippen LogP contribution is -2.23. The van der Waals surface area contributed by atoms with Crippen LogP contribution in [0.25, 0.3) is 0 Å². The van der Waals surface area contributed by atoms with Gasteiger partial charge in [-0.05, 0) is 61.5 Å². The number of amides is 2. The van der Waals surface area contributed by atoms with Gasteiger partial charge in [0.05, 0.1) is 10.1 Å². The zero-order valence-electron chi connectivity index (χ0n) is 16.0. The highest BCUT2D eigenvalue weighted by atomic mass is 32.2. The maximum absolute atomic E-state index is 12.6. The molecule has 3 rings (SSSR count). The largest absolute Gasteiger partial charge is 0.325 e. The molecule has 0 fully saturated rings. The van der Waals surface area contributed by atoms with Crippen LogP contribution in [0.2, 0.25) is 0 Å². The Morgan fingerprint density at radius 1 is 0.964 bits per heavy atom. The van der Waals surface area contributed by atoms with Crippen LogP contribution in [0.4, 0.5) is 11.4 Å². The van der Waals surface area contributed by atoms with Gasteiger partial charge in [0, 0.05) is 16.3 Å². The van der Waals surface area contributed by atoms with Gasteiger partial charge in [-0.15, -0.1) is 23.1 Å². The number of carbonyl (C=O) groups excluding carboxylic acids is 2. The first kappa shape index (κ1) is 20.2. The highest BCUT2D eigenvalue weighted by Gasteiger charge is 2.17. The Hall–Kier alpha value is -2.57. The Morgan fingerprint density at radius 2 is 1.68 bits per heavy atom. The van der Waals surface area contributed by atoms with E-state index in [2.05, 4.69) is 10.6 Å². The quantitative estimate of drug-likeness (QED) is 0.510. The van der Waals surface area contributed by atoms with E-state index in [-0.39, 0.29) is 17.1 Å². The summed E-state index contributed by atoms with van der Waals surface area (Å²) in [5.41, 5.74) is 3.68. The number of hydrogen-bond acceptors (Lipinski definition) is 4. The summed E-state index contributed by atoms with van der Waals surface area (Å²) in [7, 11) is 0. The zero-order valence-corrected chi connectivity index (χ0v) is 17.6. The van der Waals surface area contributed by atoms with E-state index in [1.807, 2.05) is 74.7 Å². The molecule has 1 heterocycles. The van der Waals surface area contributed by atoms with E-state index in [0.717, 1.165) is 21.7 Å². The predicted molar refractivity (Wildman–Crippen MR) is 119 cm³/mol. The molecule has 1 aromatic heterocycles. The van der Waals surface area contributed by atoms with Crippen molar-refractivity contribution in [3.05, 3.63) is 76.0 Å². The SMILES string of the molecule is Cc1cccc(C)c1NC(=O)C(C)Sc1cccc(NC(=O)c2cccs2)c1. The lowest BCUT2D eigenvalue weighted by Gasteiger charge is -2.16. The first-order valence-electron chi connectivity index (χ1n) is 8.92. The maximum Gasteiger partial charge on any atom is 0.265 e. The smallest absolute Gasteiger partial charge is 0.265 e. The lowest BCUT2D eigenvalue weighted by atomic mass is 10.1. The summed E-state index contributed by atoms with van der Waals surface area (Å²) >= 11 is 2.86. The van der Waals surface area contributed by atoms with E-state index in [1.54, 1.807) is 6.07 Å². The Kier molecular flexibility index (Phi) is 6.54. The molecule has 4 nitrogen and oxygen atoms in total. The van der Waals surface area contributed by atoms with Crippen molar-refractivity contribution in [2.75, 3.05) is 10.6 Å². The van der Waals surface area contributed by atoms with Crippen molar-refractivity contribution in [3.8, 4) is 0 Å². The number of nitrogens with one attached hydrogen (secondary N) is 2. The number of thioether (sulfide) groups is 1. The second kappa shape index (κ2) is 9.08. The van der Waals surface area contributed by atoms with Gasteiger partial charge in [0.25, 0.3) is 5.91 Å². The molecule has 0 bridgehead atoms. The first-order chi connectivity index (χ1) is 13.4. The molecule has 0 aliphatic rings. The number of thiophene rings is 1. The number of hydrogen-bond donors (Lipinski definition) is 2. The van der Waals surface area contributed by atoms with Gasteiger partial charge in [0.1, 0.15) is 0 Å². The molecule has 2 aromatic carbocycles. The van der Waals surface area contributed by atoms with Crippen LogP contribution in [0.15, 0.2) is 64.9 Å². The van der Waals surface area contributed by atoms with E-state index in [1.165, 1.54) is 23.1 Å². The summed E-state index contributed by atoms with van der Waals surface area (Å²) in [6, 6.07) is 17.1. The molecule has 144 valence electrons. The molecule has 0 saturated heterocycles. The van der Waals surface area contributed by atoms with Gasteiger partial charge in [0.2, 0.25) is 5.91 Å². The molecule has 0 aliphatic carbocycles. The van der Waals surface area contributed by atoms with Crippen LogP contribution in [-0.2, 0) is 4.79 Å². The molecule has 0 aliphatic heterocycles. The molecule has 28 heavy (non-hydrogen) atoms. The summed E-state index contributed by atoms with van der Waals surface area (Å²) in [6.07, 6.45) is 0. The molecule has 0 saturated carbocycles. The monoisotopic (exact) mass is 410 g/mol. The Morgan fingerprint density at radius 3 is 2.36 bits per heavy atom. The fourth-order valence-corrected chi connectivity index (χ4v) is 4.29. The predicted octanol–water partition coefficient (Wildman–Crippen LogP) is 5.74. The van der Waals surface area contributed by atoms with Gasteiger partial charge in [-0.25, -0.2) is 0 Å². The van der Waals surface area contributed by atoms with Crippen LogP contribution >= 0.6 is 23.1 Å². The molecule has 3 aromatic rings. The summed E-state index contributed by atoms with van der Waals surface area (Å²) in [5.74, 6) is -0.173. The first-order valence-corrected chi connectivity index (χ1v) is 10.7. The third-order valence-electron chi connectivity index (χ3n) is 4.25. The summed E-state index contributed by atoms with van der Waals surface area (Å²) < 4.78 is 0. The second-order valence-electron chi connectivity index (χ2n) is 6.48. The van der Waals surface area contributed by atoms with Crippen molar-refractivity contribution in [2.45, 2.75) is 30.9 Å². The number of aryl methyl sites for hydroxylation is 2. The third-order valence-corrected chi connectivity index (χ3v) is 6.21. The van der Waals surface area contributed by atoms with Crippen molar-refractivity contribution in [3.63, 3.8) is 0 Å². The zero-order chi connectivity index (χ0) is 20.1. The van der Waals surface area contributed by atoms with Crippen LogP contribution in [0.1, 0.15) is 27.7 Å². The summed E-state index contributed by atoms with van der Waals surface area (Å²) in [4.78, 5) is 26.4. The normalized spacial score (nSPS) is 11.7.